The smallest absolute Gasteiger partial charge is 0.249 e. The molecule has 5 nitrogen and oxygen atoms in total. The SMILES string of the molecule is Cc1cccc(Nc2nncc(N3CCCC(C)C3)n2)c1C. The van der Waals surface area contributed by atoms with E-state index < -0.39 is 0 Å². The molecule has 1 aliphatic heterocycles. The van der Waals surface area contributed by atoms with Gasteiger partial charge in [0.25, 0.3) is 0 Å². The fourth-order valence-corrected chi connectivity index (χ4v) is 2.90. The number of hydrogen-bond acceptors (Lipinski definition) is 5. The highest BCUT2D eigenvalue weighted by Gasteiger charge is 2.18. The Balaban J connectivity index is 1.80. The minimum absolute atomic E-state index is 0.560. The van der Waals surface area contributed by atoms with Gasteiger partial charge in [0.05, 0.1) is 6.20 Å². The number of benzene rings is 1. The second-order valence-corrected chi connectivity index (χ2v) is 6.20. The Hall–Kier alpha value is -2.17. The molecular weight excluding hydrogens is 274 g/mol. The van der Waals surface area contributed by atoms with Gasteiger partial charge in [-0.2, -0.15) is 10.1 Å². The lowest BCUT2D eigenvalue weighted by atomic mass is 10.0. The van der Waals surface area contributed by atoms with Crippen molar-refractivity contribution in [3.8, 4) is 0 Å². The molecule has 0 saturated carbocycles. The summed E-state index contributed by atoms with van der Waals surface area (Å²) < 4.78 is 0. The molecule has 1 saturated heterocycles. The Bertz CT molecular complexity index is 655. The Labute approximate surface area is 131 Å². The van der Waals surface area contributed by atoms with Gasteiger partial charge in [-0.15, -0.1) is 5.10 Å². The maximum atomic E-state index is 4.64. The zero-order chi connectivity index (χ0) is 15.5. The van der Waals surface area contributed by atoms with E-state index in [1.165, 1.54) is 24.0 Å². The van der Waals surface area contributed by atoms with Gasteiger partial charge in [0, 0.05) is 18.8 Å². The van der Waals surface area contributed by atoms with Crippen LogP contribution in [0, 0.1) is 19.8 Å². The van der Waals surface area contributed by atoms with Crippen molar-refractivity contribution < 1.29 is 0 Å². The molecule has 1 aromatic heterocycles. The molecule has 2 heterocycles. The van der Waals surface area contributed by atoms with Crippen molar-refractivity contribution in [2.75, 3.05) is 23.3 Å². The van der Waals surface area contributed by atoms with Crippen LogP contribution in [0.15, 0.2) is 24.4 Å². The van der Waals surface area contributed by atoms with Crippen molar-refractivity contribution in [1.29, 1.82) is 0 Å². The Morgan fingerprint density at radius 2 is 2.14 bits per heavy atom. The van der Waals surface area contributed by atoms with Gasteiger partial charge in [-0.1, -0.05) is 19.1 Å². The summed E-state index contributed by atoms with van der Waals surface area (Å²) in [5, 5.41) is 11.5. The van der Waals surface area contributed by atoms with E-state index in [1.807, 2.05) is 12.1 Å². The van der Waals surface area contributed by atoms with Crippen LogP contribution in [0.4, 0.5) is 17.5 Å². The fraction of sp³-hybridized carbons (Fsp3) is 0.471. The predicted molar refractivity (Wildman–Crippen MR) is 89.6 cm³/mol. The van der Waals surface area contributed by atoms with Crippen LogP contribution in [-0.4, -0.2) is 28.3 Å². The van der Waals surface area contributed by atoms with Crippen LogP contribution in [0.5, 0.6) is 0 Å². The first kappa shape index (κ1) is 14.8. The van der Waals surface area contributed by atoms with Crippen LogP contribution in [0.1, 0.15) is 30.9 Å². The Morgan fingerprint density at radius 1 is 1.27 bits per heavy atom. The molecule has 0 bridgehead atoms. The van der Waals surface area contributed by atoms with Crippen LogP contribution in [0.2, 0.25) is 0 Å². The van der Waals surface area contributed by atoms with Gasteiger partial charge < -0.3 is 10.2 Å². The van der Waals surface area contributed by atoms with Gasteiger partial charge in [0.15, 0.2) is 5.82 Å². The van der Waals surface area contributed by atoms with Gasteiger partial charge in [-0.3, -0.25) is 0 Å². The van der Waals surface area contributed by atoms with E-state index >= 15 is 0 Å². The summed E-state index contributed by atoms with van der Waals surface area (Å²) >= 11 is 0. The van der Waals surface area contributed by atoms with Crippen molar-refractivity contribution >= 4 is 17.5 Å². The second kappa shape index (κ2) is 6.30. The van der Waals surface area contributed by atoms with Crippen LogP contribution in [-0.2, 0) is 0 Å². The number of aromatic nitrogens is 3. The Morgan fingerprint density at radius 3 is 2.95 bits per heavy atom. The lowest BCUT2D eigenvalue weighted by Crippen LogP contribution is -2.35. The molecule has 3 rings (SSSR count). The molecular formula is C17H23N5. The van der Waals surface area contributed by atoms with Crippen LogP contribution in [0.3, 0.4) is 0 Å². The molecule has 0 radical (unpaired) electrons. The molecule has 1 atom stereocenters. The largest absolute Gasteiger partial charge is 0.355 e. The summed E-state index contributed by atoms with van der Waals surface area (Å²) in [6.07, 6.45) is 4.26. The number of nitrogens with zero attached hydrogens (tertiary/aromatic N) is 4. The minimum Gasteiger partial charge on any atom is -0.355 e. The Kier molecular flexibility index (Phi) is 4.22. The quantitative estimate of drug-likeness (QED) is 0.940. The van der Waals surface area contributed by atoms with Crippen molar-refractivity contribution in [2.24, 2.45) is 5.92 Å². The number of hydrogen-bond donors (Lipinski definition) is 1. The summed E-state index contributed by atoms with van der Waals surface area (Å²) in [5.74, 6) is 2.18. The number of anilines is 3. The lowest BCUT2D eigenvalue weighted by Gasteiger charge is -2.31. The van der Waals surface area contributed by atoms with Gasteiger partial charge >= 0.3 is 0 Å². The standard InChI is InChI=1S/C17H23N5/c1-12-6-5-9-22(11-12)16-10-18-21-17(20-16)19-15-8-4-7-13(2)14(15)3/h4,7-8,10,12H,5-6,9,11H2,1-3H3,(H,19,20,21). The van der Waals surface area contributed by atoms with E-state index in [2.05, 4.69) is 52.2 Å². The van der Waals surface area contributed by atoms with E-state index in [0.29, 0.717) is 11.9 Å². The van der Waals surface area contributed by atoms with Crippen molar-refractivity contribution in [2.45, 2.75) is 33.6 Å². The van der Waals surface area contributed by atoms with Gasteiger partial charge in [0.2, 0.25) is 5.95 Å². The maximum Gasteiger partial charge on any atom is 0.249 e. The highest BCUT2D eigenvalue weighted by molar-refractivity contribution is 5.60. The molecule has 1 unspecified atom stereocenters. The molecule has 1 N–H and O–H groups in total. The monoisotopic (exact) mass is 297 g/mol. The van der Waals surface area contributed by atoms with E-state index in [9.17, 15) is 0 Å². The van der Waals surface area contributed by atoms with E-state index in [1.54, 1.807) is 6.20 Å². The third-order valence-electron chi connectivity index (χ3n) is 4.38. The zero-order valence-corrected chi connectivity index (χ0v) is 13.5. The van der Waals surface area contributed by atoms with E-state index in [0.717, 1.165) is 24.6 Å². The average molecular weight is 297 g/mol. The van der Waals surface area contributed by atoms with Gasteiger partial charge in [0.1, 0.15) is 0 Å². The number of aryl methyl sites for hydroxylation is 1. The van der Waals surface area contributed by atoms with Crippen molar-refractivity contribution in [3.63, 3.8) is 0 Å². The second-order valence-electron chi connectivity index (χ2n) is 6.20. The molecule has 0 spiro atoms. The van der Waals surface area contributed by atoms with E-state index in [-0.39, 0.29) is 0 Å². The predicted octanol–water partition coefficient (Wildman–Crippen LogP) is 3.47. The highest BCUT2D eigenvalue weighted by Crippen LogP contribution is 2.23. The first-order chi connectivity index (χ1) is 10.6. The first-order valence-electron chi connectivity index (χ1n) is 7.91. The number of rotatable bonds is 3. The van der Waals surface area contributed by atoms with E-state index in [4.69, 9.17) is 0 Å². The molecule has 116 valence electrons. The summed E-state index contributed by atoms with van der Waals surface area (Å²) in [4.78, 5) is 6.94. The maximum absolute atomic E-state index is 4.64. The summed E-state index contributed by atoms with van der Waals surface area (Å²) in [5.41, 5.74) is 3.49. The minimum atomic E-state index is 0.560. The molecule has 2 aromatic rings. The fourth-order valence-electron chi connectivity index (χ4n) is 2.90. The van der Waals surface area contributed by atoms with Crippen molar-refractivity contribution in [1.82, 2.24) is 15.2 Å². The van der Waals surface area contributed by atoms with Crippen LogP contribution < -0.4 is 10.2 Å². The highest BCUT2D eigenvalue weighted by atomic mass is 15.3. The normalized spacial score (nSPS) is 18.3. The summed E-state index contributed by atoms with van der Waals surface area (Å²) in [6, 6.07) is 6.18. The third-order valence-corrected chi connectivity index (χ3v) is 4.38. The van der Waals surface area contributed by atoms with Gasteiger partial charge in [-0.25, -0.2) is 0 Å². The van der Waals surface area contributed by atoms with Gasteiger partial charge in [-0.05, 0) is 49.8 Å². The van der Waals surface area contributed by atoms with Crippen LogP contribution in [0.25, 0.3) is 0 Å². The first-order valence-corrected chi connectivity index (χ1v) is 7.91. The molecule has 1 aromatic carbocycles. The lowest BCUT2D eigenvalue weighted by molar-refractivity contribution is 0.444. The topological polar surface area (TPSA) is 53.9 Å². The molecule has 5 heteroatoms. The number of piperidine rings is 1. The zero-order valence-electron chi connectivity index (χ0n) is 13.5. The summed E-state index contributed by atoms with van der Waals surface area (Å²) in [6.45, 7) is 8.58. The average Bonchev–Trinajstić information content (AvgIpc) is 2.52. The van der Waals surface area contributed by atoms with Crippen LogP contribution >= 0.6 is 0 Å². The third kappa shape index (κ3) is 3.18. The molecule has 1 aliphatic rings. The molecule has 0 aliphatic carbocycles. The van der Waals surface area contributed by atoms with Crippen molar-refractivity contribution in [3.05, 3.63) is 35.5 Å². The molecule has 1 fully saturated rings. The molecule has 22 heavy (non-hydrogen) atoms. The number of nitrogens with one attached hydrogen (secondary N) is 1. The molecule has 0 amide bonds. The summed E-state index contributed by atoms with van der Waals surface area (Å²) in [7, 11) is 0.